The Hall–Kier alpha value is -1.08. The van der Waals surface area contributed by atoms with Crippen LogP contribution in [0.2, 0.25) is 0 Å². The van der Waals surface area contributed by atoms with Crippen LogP contribution < -0.4 is 0 Å². The zero-order valence-corrected chi connectivity index (χ0v) is 16.5. The van der Waals surface area contributed by atoms with E-state index in [2.05, 4.69) is 43.0 Å². The van der Waals surface area contributed by atoms with Crippen LogP contribution in [0, 0.1) is 0 Å². The summed E-state index contributed by atoms with van der Waals surface area (Å²) in [6.45, 7) is 7.19. The first-order valence-electron chi connectivity index (χ1n) is 10.9. The Morgan fingerprint density at radius 3 is 2.44 bits per heavy atom. The SMILES string of the molecule is CCCCN(CCCC)C1CCCc2cccc(C3=CCCCC3)c21. The minimum absolute atomic E-state index is 0.654. The van der Waals surface area contributed by atoms with Crippen molar-refractivity contribution in [3.63, 3.8) is 0 Å². The van der Waals surface area contributed by atoms with E-state index in [1.165, 1.54) is 83.7 Å². The fraction of sp³-hybridized carbons (Fsp3) is 0.667. The molecule has 0 aliphatic heterocycles. The lowest BCUT2D eigenvalue weighted by molar-refractivity contribution is 0.173. The van der Waals surface area contributed by atoms with Crippen LogP contribution >= 0.6 is 0 Å². The van der Waals surface area contributed by atoms with Gasteiger partial charge in [-0.1, -0.05) is 51.0 Å². The molecule has 25 heavy (non-hydrogen) atoms. The van der Waals surface area contributed by atoms with E-state index in [0.717, 1.165) is 0 Å². The van der Waals surface area contributed by atoms with Crippen molar-refractivity contribution in [1.29, 1.82) is 0 Å². The van der Waals surface area contributed by atoms with Gasteiger partial charge in [0.05, 0.1) is 0 Å². The van der Waals surface area contributed by atoms with Gasteiger partial charge in [0.25, 0.3) is 0 Å². The maximum absolute atomic E-state index is 2.83. The van der Waals surface area contributed by atoms with Crippen molar-refractivity contribution in [3.05, 3.63) is 41.0 Å². The molecule has 2 aliphatic carbocycles. The summed E-state index contributed by atoms with van der Waals surface area (Å²) in [7, 11) is 0. The van der Waals surface area contributed by atoms with Crippen molar-refractivity contribution < 1.29 is 0 Å². The van der Waals surface area contributed by atoms with Crippen LogP contribution in [0.15, 0.2) is 24.3 Å². The third kappa shape index (κ3) is 4.56. The molecule has 3 rings (SSSR count). The molecular weight excluding hydrogens is 302 g/mol. The van der Waals surface area contributed by atoms with Gasteiger partial charge >= 0.3 is 0 Å². The van der Waals surface area contributed by atoms with Crippen molar-refractivity contribution in [2.75, 3.05) is 13.1 Å². The summed E-state index contributed by atoms with van der Waals surface area (Å²) in [5.74, 6) is 0. The number of aryl methyl sites for hydroxylation is 1. The Balaban J connectivity index is 1.93. The van der Waals surface area contributed by atoms with E-state index in [1.54, 1.807) is 22.3 Å². The average molecular weight is 340 g/mol. The minimum atomic E-state index is 0.654. The number of unbranched alkanes of at least 4 members (excludes halogenated alkanes) is 2. The standard InChI is InChI=1S/C24H37N/c1-3-5-18-25(19-6-4-2)23-17-11-15-21-14-10-16-22(24(21)23)20-12-8-7-9-13-20/h10,12,14,16,23H,3-9,11,13,15,17-19H2,1-2H3. The fourth-order valence-electron chi connectivity index (χ4n) is 4.73. The monoisotopic (exact) mass is 339 g/mol. The van der Waals surface area contributed by atoms with Crippen LogP contribution in [0.25, 0.3) is 5.57 Å². The van der Waals surface area contributed by atoms with Gasteiger partial charge in [-0.25, -0.2) is 0 Å². The first-order valence-corrected chi connectivity index (χ1v) is 10.9. The zero-order chi connectivity index (χ0) is 17.5. The Bertz CT molecular complexity index is 563. The van der Waals surface area contributed by atoms with Gasteiger partial charge in [-0.15, -0.1) is 0 Å². The third-order valence-corrected chi connectivity index (χ3v) is 6.13. The number of allylic oxidation sites excluding steroid dienone is 2. The molecule has 1 aromatic rings. The number of rotatable bonds is 8. The van der Waals surface area contributed by atoms with Gasteiger partial charge in [0.1, 0.15) is 0 Å². The maximum atomic E-state index is 2.83. The highest BCUT2D eigenvalue weighted by molar-refractivity contribution is 5.70. The molecule has 0 amide bonds. The lowest BCUT2D eigenvalue weighted by atomic mass is 9.79. The van der Waals surface area contributed by atoms with Gasteiger partial charge in [-0.2, -0.15) is 0 Å². The van der Waals surface area contributed by atoms with E-state index >= 15 is 0 Å². The van der Waals surface area contributed by atoms with Crippen molar-refractivity contribution in [3.8, 4) is 0 Å². The number of nitrogens with zero attached hydrogens (tertiary/aromatic N) is 1. The molecule has 0 N–H and O–H groups in total. The summed E-state index contributed by atoms with van der Waals surface area (Å²) >= 11 is 0. The molecule has 1 atom stereocenters. The largest absolute Gasteiger partial charge is 0.296 e. The highest BCUT2D eigenvalue weighted by Crippen LogP contribution is 2.41. The van der Waals surface area contributed by atoms with Crippen molar-refractivity contribution in [1.82, 2.24) is 4.90 Å². The first-order chi connectivity index (χ1) is 12.3. The van der Waals surface area contributed by atoms with Gasteiger partial charge in [-0.05, 0) is 93.1 Å². The van der Waals surface area contributed by atoms with E-state index in [9.17, 15) is 0 Å². The van der Waals surface area contributed by atoms with E-state index in [1.807, 2.05) is 0 Å². The summed E-state index contributed by atoms with van der Waals surface area (Å²) < 4.78 is 0. The molecule has 1 unspecified atom stereocenters. The van der Waals surface area contributed by atoms with Gasteiger partial charge in [0.2, 0.25) is 0 Å². The molecule has 0 bridgehead atoms. The second kappa shape index (κ2) is 9.57. The quantitative estimate of drug-likeness (QED) is 0.496. The molecule has 1 nitrogen and oxygen atoms in total. The van der Waals surface area contributed by atoms with Crippen molar-refractivity contribution >= 4 is 5.57 Å². The van der Waals surface area contributed by atoms with Gasteiger partial charge in [-0.3, -0.25) is 4.90 Å². The highest BCUT2D eigenvalue weighted by atomic mass is 15.2. The predicted octanol–water partition coefficient (Wildman–Crippen LogP) is 6.92. The Morgan fingerprint density at radius 2 is 1.76 bits per heavy atom. The lowest BCUT2D eigenvalue weighted by Gasteiger charge is -2.38. The summed E-state index contributed by atoms with van der Waals surface area (Å²) in [4.78, 5) is 2.83. The maximum Gasteiger partial charge on any atom is 0.0357 e. The van der Waals surface area contributed by atoms with Crippen molar-refractivity contribution in [2.45, 2.75) is 90.5 Å². The smallest absolute Gasteiger partial charge is 0.0357 e. The Kier molecular flexibility index (Phi) is 7.16. The topological polar surface area (TPSA) is 3.24 Å². The highest BCUT2D eigenvalue weighted by Gasteiger charge is 2.28. The molecule has 1 aromatic carbocycles. The summed E-state index contributed by atoms with van der Waals surface area (Å²) in [6, 6.07) is 7.80. The second-order valence-electron chi connectivity index (χ2n) is 8.00. The number of fused-ring (bicyclic) bond motifs is 1. The van der Waals surface area contributed by atoms with E-state index in [-0.39, 0.29) is 0 Å². The summed E-state index contributed by atoms with van der Waals surface area (Å²) in [6.07, 6.45) is 17.1. The molecule has 0 radical (unpaired) electrons. The second-order valence-corrected chi connectivity index (χ2v) is 8.00. The third-order valence-electron chi connectivity index (χ3n) is 6.13. The molecule has 0 saturated heterocycles. The van der Waals surface area contributed by atoms with E-state index < -0.39 is 0 Å². The van der Waals surface area contributed by atoms with Gasteiger partial charge < -0.3 is 0 Å². The lowest BCUT2D eigenvalue weighted by Crippen LogP contribution is -2.34. The molecule has 0 spiro atoms. The average Bonchev–Trinajstić information content (AvgIpc) is 2.68. The summed E-state index contributed by atoms with van der Waals surface area (Å²) in [5, 5.41) is 0. The predicted molar refractivity (Wildman–Crippen MR) is 110 cm³/mol. The fourth-order valence-corrected chi connectivity index (χ4v) is 4.73. The minimum Gasteiger partial charge on any atom is -0.296 e. The molecule has 138 valence electrons. The van der Waals surface area contributed by atoms with Crippen LogP contribution in [0.3, 0.4) is 0 Å². The Morgan fingerprint density at radius 1 is 0.960 bits per heavy atom. The van der Waals surface area contributed by atoms with Crippen molar-refractivity contribution in [2.24, 2.45) is 0 Å². The normalized spacial score (nSPS) is 20.4. The van der Waals surface area contributed by atoms with E-state index in [0.29, 0.717) is 6.04 Å². The number of hydrogen-bond donors (Lipinski definition) is 0. The van der Waals surface area contributed by atoms with Crippen LogP contribution in [-0.4, -0.2) is 18.0 Å². The number of benzene rings is 1. The first kappa shape index (κ1) is 18.7. The van der Waals surface area contributed by atoms with Crippen LogP contribution in [0.5, 0.6) is 0 Å². The zero-order valence-electron chi connectivity index (χ0n) is 16.5. The molecule has 0 aromatic heterocycles. The van der Waals surface area contributed by atoms with E-state index in [4.69, 9.17) is 0 Å². The molecule has 2 aliphatic rings. The van der Waals surface area contributed by atoms with Gasteiger partial charge in [0.15, 0.2) is 0 Å². The van der Waals surface area contributed by atoms with Crippen LogP contribution in [-0.2, 0) is 6.42 Å². The molecule has 0 saturated carbocycles. The summed E-state index contributed by atoms with van der Waals surface area (Å²) in [5.41, 5.74) is 6.58. The Labute approximate surface area is 155 Å². The molecule has 0 heterocycles. The molecular formula is C24H37N. The molecule has 0 fully saturated rings. The number of hydrogen-bond acceptors (Lipinski definition) is 1. The van der Waals surface area contributed by atoms with Crippen LogP contribution in [0.1, 0.15) is 101 Å². The molecule has 1 heteroatoms. The van der Waals surface area contributed by atoms with Gasteiger partial charge in [0, 0.05) is 6.04 Å². The van der Waals surface area contributed by atoms with Crippen LogP contribution in [0.4, 0.5) is 0 Å².